The Bertz CT molecular complexity index is 582. The van der Waals surface area contributed by atoms with Gasteiger partial charge in [-0.1, -0.05) is 84.0 Å². The molecule has 0 aromatic heterocycles. The molecule has 0 aromatic rings. The van der Waals surface area contributed by atoms with Crippen LogP contribution in [0.4, 0.5) is 0 Å². The van der Waals surface area contributed by atoms with Gasteiger partial charge in [0.2, 0.25) is 5.91 Å². The van der Waals surface area contributed by atoms with Crippen LogP contribution in [0.15, 0.2) is 0 Å². The van der Waals surface area contributed by atoms with Crippen molar-refractivity contribution < 1.29 is 27.8 Å². The number of nitrogens with zero attached hydrogens (tertiary/aromatic N) is 2. The van der Waals surface area contributed by atoms with Crippen LogP contribution in [-0.4, -0.2) is 69.3 Å². The number of likely N-dealkylation sites (N-methyl/N-ethyl adjacent to an activating group) is 1. The number of carbonyl (C=O) groups excluding carboxylic acids is 1. The van der Waals surface area contributed by atoms with Crippen molar-refractivity contribution >= 4 is 13.7 Å². The van der Waals surface area contributed by atoms with E-state index in [1.54, 1.807) is 0 Å². The van der Waals surface area contributed by atoms with E-state index in [9.17, 15) is 14.3 Å². The summed E-state index contributed by atoms with van der Waals surface area (Å²) in [4.78, 5) is 26.3. The molecule has 1 fully saturated rings. The third-order valence-electron chi connectivity index (χ3n) is 6.61. The minimum atomic E-state index is -4.28. The van der Waals surface area contributed by atoms with E-state index >= 15 is 0 Å². The maximum absolute atomic E-state index is 12.5. The lowest BCUT2D eigenvalue weighted by Gasteiger charge is -2.27. The number of carbonyl (C=O) groups is 1. The summed E-state index contributed by atoms with van der Waals surface area (Å²) < 4.78 is 22.6. The highest BCUT2D eigenvalue weighted by Crippen LogP contribution is 2.39. The zero-order valence-corrected chi connectivity index (χ0v) is 23.5. The predicted octanol–water partition coefficient (Wildman–Crippen LogP) is 5.52. The summed E-state index contributed by atoms with van der Waals surface area (Å²) in [5.74, 6) is 0.245. The molecule has 0 N–H and O–H groups in total. The zero-order valence-electron chi connectivity index (χ0n) is 22.6. The van der Waals surface area contributed by atoms with Crippen molar-refractivity contribution in [3.05, 3.63) is 0 Å². The maximum Gasteiger partial charge on any atom is 0.268 e. The predicted molar refractivity (Wildman–Crippen MR) is 137 cm³/mol. The first-order valence-electron chi connectivity index (χ1n) is 13.8. The molecule has 1 unspecified atom stereocenters. The SMILES string of the molecule is CCCCCCCCCCCCCCCC(=O)N1CC[C@H](COP(=O)([O-])OCC[N+](C)(C)C)C1. The molecule has 1 rings (SSSR count). The summed E-state index contributed by atoms with van der Waals surface area (Å²) >= 11 is 0. The fraction of sp³-hybridized carbons (Fsp3) is 0.962. The van der Waals surface area contributed by atoms with Gasteiger partial charge in [-0.15, -0.1) is 0 Å². The lowest BCUT2D eigenvalue weighted by molar-refractivity contribution is -0.870. The van der Waals surface area contributed by atoms with Crippen LogP contribution in [0.25, 0.3) is 0 Å². The van der Waals surface area contributed by atoms with Gasteiger partial charge in [0.25, 0.3) is 7.82 Å². The Morgan fingerprint density at radius 1 is 0.912 bits per heavy atom. The number of likely N-dealkylation sites (tertiary alicyclic amines) is 1. The normalized spacial score (nSPS) is 18.4. The monoisotopic (exact) mass is 504 g/mol. The van der Waals surface area contributed by atoms with E-state index in [-0.39, 0.29) is 25.0 Å². The minimum Gasteiger partial charge on any atom is -0.756 e. The number of hydrogen-bond acceptors (Lipinski definition) is 5. The van der Waals surface area contributed by atoms with E-state index < -0.39 is 7.82 Å². The highest BCUT2D eigenvalue weighted by Gasteiger charge is 2.27. The number of phosphoric acid groups is 1. The highest BCUT2D eigenvalue weighted by atomic mass is 31.2. The number of hydrogen-bond donors (Lipinski definition) is 0. The third-order valence-corrected chi connectivity index (χ3v) is 7.58. The molecule has 0 aliphatic carbocycles. The van der Waals surface area contributed by atoms with Crippen molar-refractivity contribution in [2.24, 2.45) is 5.92 Å². The molecule has 1 aliphatic heterocycles. The molecule has 1 heterocycles. The second-order valence-electron chi connectivity index (χ2n) is 11.1. The van der Waals surface area contributed by atoms with E-state index in [2.05, 4.69) is 6.92 Å². The molecule has 0 saturated carbocycles. The van der Waals surface area contributed by atoms with Crippen molar-refractivity contribution in [3.8, 4) is 0 Å². The van der Waals surface area contributed by atoms with E-state index in [1.165, 1.54) is 70.6 Å². The summed E-state index contributed by atoms with van der Waals surface area (Å²) in [5, 5.41) is 0. The number of phosphoric ester groups is 1. The zero-order chi connectivity index (χ0) is 25.3. The first kappa shape index (κ1) is 31.6. The van der Waals surface area contributed by atoms with Crippen molar-refractivity contribution in [2.75, 3.05) is 54.0 Å². The summed E-state index contributed by atoms with van der Waals surface area (Å²) in [6.45, 7) is 4.32. The Morgan fingerprint density at radius 3 is 1.97 bits per heavy atom. The molecule has 1 amide bonds. The van der Waals surface area contributed by atoms with Gasteiger partial charge in [0.05, 0.1) is 27.7 Å². The smallest absolute Gasteiger partial charge is 0.268 e. The molecule has 7 nitrogen and oxygen atoms in total. The Labute approximate surface area is 209 Å². The second-order valence-corrected chi connectivity index (χ2v) is 12.5. The molecule has 2 atom stereocenters. The average Bonchev–Trinajstić information content (AvgIpc) is 3.24. The standard InChI is InChI=1S/C26H53N2O5P/c1-5-6-7-8-9-10-11-12-13-14-15-16-17-18-26(29)27-20-19-25(23-27)24-33-34(30,31)32-22-21-28(2,3)4/h25H,5-24H2,1-4H3/t25-/m0/s1. The largest absolute Gasteiger partial charge is 0.756 e. The lowest BCUT2D eigenvalue weighted by atomic mass is 10.0. The number of quaternary nitrogens is 1. The van der Waals surface area contributed by atoms with Crippen LogP contribution in [0.5, 0.6) is 0 Å². The summed E-state index contributed by atoms with van der Waals surface area (Å²) in [7, 11) is 1.64. The fourth-order valence-electron chi connectivity index (χ4n) is 4.31. The van der Waals surface area contributed by atoms with Gasteiger partial charge in [-0.25, -0.2) is 0 Å². The Morgan fingerprint density at radius 2 is 1.44 bits per heavy atom. The molecule has 0 bridgehead atoms. The van der Waals surface area contributed by atoms with Crippen LogP contribution in [0.2, 0.25) is 0 Å². The van der Waals surface area contributed by atoms with E-state index in [1.807, 2.05) is 26.0 Å². The Hall–Kier alpha value is -0.460. The highest BCUT2D eigenvalue weighted by molar-refractivity contribution is 7.45. The quantitative estimate of drug-likeness (QED) is 0.117. The van der Waals surface area contributed by atoms with Gasteiger partial charge < -0.3 is 23.3 Å². The van der Waals surface area contributed by atoms with Gasteiger partial charge in [-0.05, 0) is 12.8 Å². The molecule has 0 radical (unpaired) electrons. The van der Waals surface area contributed by atoms with Crippen molar-refractivity contribution in [1.29, 1.82) is 0 Å². The molecule has 1 saturated heterocycles. The third kappa shape index (κ3) is 17.0. The van der Waals surface area contributed by atoms with Crippen molar-refractivity contribution in [2.45, 2.75) is 103 Å². The first-order valence-corrected chi connectivity index (χ1v) is 15.3. The van der Waals surface area contributed by atoms with Crippen LogP contribution in [-0.2, 0) is 18.4 Å². The Balaban J connectivity index is 2.01. The van der Waals surface area contributed by atoms with Crippen LogP contribution in [0, 0.1) is 5.92 Å². The summed E-state index contributed by atoms with van der Waals surface area (Å²) in [5.41, 5.74) is 0. The molecular formula is C26H53N2O5P. The molecule has 34 heavy (non-hydrogen) atoms. The molecule has 0 spiro atoms. The van der Waals surface area contributed by atoms with Gasteiger partial charge in [0.15, 0.2) is 0 Å². The molecule has 202 valence electrons. The number of rotatable bonds is 21. The Kier molecular flexibility index (Phi) is 16.6. The van der Waals surface area contributed by atoms with Gasteiger partial charge in [-0.2, -0.15) is 0 Å². The van der Waals surface area contributed by atoms with E-state index in [0.717, 1.165) is 19.3 Å². The molecule has 0 aromatic carbocycles. The van der Waals surface area contributed by atoms with Gasteiger partial charge in [0, 0.05) is 25.4 Å². The topological polar surface area (TPSA) is 78.9 Å². The number of amides is 1. The lowest BCUT2D eigenvalue weighted by Crippen LogP contribution is -2.37. The van der Waals surface area contributed by atoms with Crippen LogP contribution in [0.1, 0.15) is 103 Å². The fourth-order valence-corrected chi connectivity index (χ4v) is 5.08. The summed E-state index contributed by atoms with van der Waals surface area (Å²) in [6.07, 6.45) is 18.3. The average molecular weight is 505 g/mol. The number of unbranched alkanes of at least 4 members (excludes halogenated alkanes) is 12. The second kappa shape index (κ2) is 17.9. The van der Waals surface area contributed by atoms with Gasteiger partial charge in [-0.3, -0.25) is 9.36 Å². The molecule has 1 aliphatic rings. The van der Waals surface area contributed by atoms with Crippen LogP contribution < -0.4 is 4.89 Å². The van der Waals surface area contributed by atoms with Crippen molar-refractivity contribution in [1.82, 2.24) is 4.90 Å². The first-order chi connectivity index (χ1) is 16.1. The molecule has 8 heteroatoms. The van der Waals surface area contributed by atoms with Gasteiger partial charge >= 0.3 is 0 Å². The van der Waals surface area contributed by atoms with Crippen LogP contribution >= 0.6 is 7.82 Å². The summed E-state index contributed by atoms with van der Waals surface area (Å²) in [6, 6.07) is 0. The van der Waals surface area contributed by atoms with Gasteiger partial charge in [0.1, 0.15) is 13.2 Å². The van der Waals surface area contributed by atoms with Crippen LogP contribution in [0.3, 0.4) is 0 Å². The van der Waals surface area contributed by atoms with E-state index in [4.69, 9.17) is 9.05 Å². The minimum absolute atomic E-state index is 0.0554. The molecular weight excluding hydrogens is 451 g/mol. The maximum atomic E-state index is 12.5. The van der Waals surface area contributed by atoms with E-state index in [0.29, 0.717) is 30.5 Å². The van der Waals surface area contributed by atoms with Crippen molar-refractivity contribution in [3.63, 3.8) is 0 Å².